The highest BCUT2D eigenvalue weighted by molar-refractivity contribution is 7.90. The third-order valence-electron chi connectivity index (χ3n) is 4.31. The monoisotopic (exact) mass is 476 g/mol. The zero-order chi connectivity index (χ0) is 24.6. The maximum atomic E-state index is 12.9. The Morgan fingerprint density at radius 1 is 1.27 bits per heavy atom. The highest BCUT2D eigenvalue weighted by Gasteiger charge is 2.14. The Hall–Kier alpha value is -3.45. The van der Waals surface area contributed by atoms with Gasteiger partial charge < -0.3 is 25.6 Å². The summed E-state index contributed by atoms with van der Waals surface area (Å²) in [7, 11) is -4.09. The molecule has 0 radical (unpaired) electrons. The van der Waals surface area contributed by atoms with Crippen LogP contribution in [-0.4, -0.2) is 37.0 Å². The van der Waals surface area contributed by atoms with E-state index in [4.69, 9.17) is 5.90 Å². The first-order chi connectivity index (χ1) is 15.6. The fraction of sp³-hybridized carbons (Fsp3) is 0.238. The number of pyridine rings is 1. The van der Waals surface area contributed by atoms with Gasteiger partial charge in [-0.2, -0.15) is 8.42 Å². The average molecular weight is 477 g/mol. The molecule has 0 fully saturated rings. The van der Waals surface area contributed by atoms with Crippen LogP contribution in [0.5, 0.6) is 0 Å². The van der Waals surface area contributed by atoms with Crippen LogP contribution < -0.4 is 27.3 Å². The molecule has 1 aromatic heterocycles. The fourth-order valence-electron chi connectivity index (χ4n) is 2.69. The van der Waals surface area contributed by atoms with Crippen molar-refractivity contribution >= 4 is 21.6 Å². The van der Waals surface area contributed by atoms with Crippen molar-refractivity contribution in [3.05, 3.63) is 78.2 Å². The zero-order valence-electron chi connectivity index (χ0n) is 18.4. The van der Waals surface area contributed by atoms with Crippen molar-refractivity contribution in [1.82, 2.24) is 20.5 Å². The Labute approximate surface area is 192 Å². The Morgan fingerprint density at radius 2 is 1.94 bits per heavy atom. The van der Waals surface area contributed by atoms with E-state index in [-0.39, 0.29) is 22.6 Å². The number of sulfonamides is 1. The van der Waals surface area contributed by atoms with Crippen molar-refractivity contribution in [3.8, 4) is 0 Å². The predicted octanol–water partition coefficient (Wildman–Crippen LogP) is 0.00952. The van der Waals surface area contributed by atoms with E-state index < -0.39 is 22.3 Å². The van der Waals surface area contributed by atoms with Crippen LogP contribution in [0.25, 0.3) is 5.70 Å². The molecule has 178 valence electrons. The van der Waals surface area contributed by atoms with Gasteiger partial charge in [-0.3, -0.25) is 9.63 Å². The molecule has 0 saturated carbocycles. The largest absolute Gasteiger partial charge is 0.372 e. The smallest absolute Gasteiger partial charge is 0.284 e. The number of aryl methyl sites for hydroxylation is 1. The Kier molecular flexibility index (Phi) is 8.94. The molecule has 1 amide bonds. The van der Waals surface area contributed by atoms with Gasteiger partial charge in [0.2, 0.25) is 5.91 Å². The molecule has 0 aliphatic rings. The summed E-state index contributed by atoms with van der Waals surface area (Å²) in [6, 6.07) is 9.17. The minimum Gasteiger partial charge on any atom is -0.372 e. The van der Waals surface area contributed by atoms with Crippen LogP contribution >= 0.6 is 0 Å². The summed E-state index contributed by atoms with van der Waals surface area (Å²) >= 11 is 0. The molecule has 1 aromatic carbocycles. The maximum Gasteiger partial charge on any atom is 0.284 e. The summed E-state index contributed by atoms with van der Waals surface area (Å²) in [6.07, 6.45) is -0.0545. The molecule has 11 nitrogen and oxygen atoms in total. The maximum absolute atomic E-state index is 12.9. The lowest BCUT2D eigenvalue weighted by atomic mass is 10.2. The number of carbonyl (C=O) groups is 1. The second kappa shape index (κ2) is 11.4. The summed E-state index contributed by atoms with van der Waals surface area (Å²) in [5.74, 6) is 4.79. The second-order valence-corrected chi connectivity index (χ2v) is 8.55. The van der Waals surface area contributed by atoms with E-state index in [9.17, 15) is 18.3 Å². The normalized spacial score (nSPS) is 12.7. The third kappa shape index (κ3) is 7.57. The van der Waals surface area contributed by atoms with Gasteiger partial charge in [0.15, 0.2) is 0 Å². The molecule has 0 spiro atoms. The Bertz CT molecular complexity index is 1190. The highest BCUT2D eigenvalue weighted by Crippen LogP contribution is 2.13. The second-order valence-electron chi connectivity index (χ2n) is 6.95. The van der Waals surface area contributed by atoms with Gasteiger partial charge in [-0.05, 0) is 38.1 Å². The lowest BCUT2D eigenvalue weighted by Crippen LogP contribution is -2.36. The molecule has 2 aromatic rings. The van der Waals surface area contributed by atoms with Gasteiger partial charge in [0.05, 0.1) is 10.7 Å². The first kappa shape index (κ1) is 25.8. The van der Waals surface area contributed by atoms with Crippen LogP contribution in [0, 0.1) is 6.92 Å². The Morgan fingerprint density at radius 3 is 2.55 bits per heavy atom. The van der Waals surface area contributed by atoms with Crippen molar-refractivity contribution in [2.24, 2.45) is 10.3 Å². The number of benzene rings is 1. The number of nitrogens with zero attached hydrogens (tertiary/aromatic N) is 2. The van der Waals surface area contributed by atoms with Gasteiger partial charge in [-0.1, -0.05) is 30.9 Å². The molecule has 2 rings (SSSR count). The van der Waals surface area contributed by atoms with Crippen LogP contribution in [0.1, 0.15) is 18.1 Å². The van der Waals surface area contributed by atoms with Gasteiger partial charge in [0.25, 0.3) is 16.4 Å². The summed E-state index contributed by atoms with van der Waals surface area (Å²) in [6.45, 7) is 11.5. The topological polar surface area (TPSA) is 160 Å². The standard InChI is InChI=1S/C21H28N6O5S/c1-5-23-16(4)25-20(28)13-27-11-10-17(15(3)24-21(29)32-22)12-19(27)26-33(30,31)18-8-6-14(2)7-9-18/h6-12,21,23-24,29H,3-5,13,22H2,1-2H3,(H,25,28). The molecule has 1 heterocycles. The molecule has 0 saturated heterocycles. The number of hydrogen-bond acceptors (Lipinski definition) is 8. The van der Waals surface area contributed by atoms with Crippen LogP contribution in [0.2, 0.25) is 0 Å². The molecule has 0 aliphatic heterocycles. The molecule has 0 bridgehead atoms. The van der Waals surface area contributed by atoms with Crippen molar-refractivity contribution in [2.45, 2.75) is 31.7 Å². The molecule has 1 atom stereocenters. The van der Waals surface area contributed by atoms with E-state index in [0.29, 0.717) is 17.9 Å². The fourth-order valence-corrected chi connectivity index (χ4v) is 3.68. The molecule has 33 heavy (non-hydrogen) atoms. The summed E-state index contributed by atoms with van der Waals surface area (Å²) in [5.41, 5.74) is 1.43. The van der Waals surface area contributed by atoms with Gasteiger partial charge >= 0.3 is 0 Å². The predicted molar refractivity (Wildman–Crippen MR) is 123 cm³/mol. The van der Waals surface area contributed by atoms with E-state index in [1.54, 1.807) is 18.2 Å². The molecule has 1 unspecified atom stereocenters. The Balaban J connectivity index is 2.50. The molecular formula is C21H28N6O5S. The van der Waals surface area contributed by atoms with Crippen molar-refractivity contribution in [1.29, 1.82) is 0 Å². The van der Waals surface area contributed by atoms with Crippen molar-refractivity contribution in [3.63, 3.8) is 0 Å². The average Bonchev–Trinajstić information content (AvgIpc) is 2.74. The van der Waals surface area contributed by atoms with E-state index in [1.807, 2.05) is 13.8 Å². The van der Waals surface area contributed by atoms with Crippen LogP contribution in [0.3, 0.4) is 0 Å². The van der Waals surface area contributed by atoms with Crippen molar-refractivity contribution < 1.29 is 23.2 Å². The first-order valence-corrected chi connectivity index (χ1v) is 11.3. The quantitative estimate of drug-likeness (QED) is 0.224. The molecule has 0 aliphatic carbocycles. The number of nitrogens with two attached hydrogens (primary N) is 1. The molecular weight excluding hydrogens is 448 g/mol. The number of aromatic nitrogens is 1. The number of carbonyl (C=O) groups excluding carboxylic acids is 1. The van der Waals surface area contributed by atoms with Crippen LogP contribution in [0.4, 0.5) is 0 Å². The summed E-state index contributed by atoms with van der Waals surface area (Å²) < 4.78 is 31.1. The van der Waals surface area contributed by atoms with Crippen molar-refractivity contribution in [2.75, 3.05) is 6.54 Å². The number of aliphatic hydroxyl groups is 1. The van der Waals surface area contributed by atoms with Crippen LogP contribution in [-0.2, 0) is 26.2 Å². The van der Waals surface area contributed by atoms with E-state index in [2.05, 4.69) is 38.3 Å². The molecule has 6 N–H and O–H groups in total. The third-order valence-corrected chi connectivity index (χ3v) is 5.61. The summed E-state index contributed by atoms with van der Waals surface area (Å²) in [5, 5.41) is 17.4. The minimum absolute atomic E-state index is 0.000987. The number of aliphatic hydroxyl groups excluding tert-OH is 1. The zero-order valence-corrected chi connectivity index (χ0v) is 19.2. The van der Waals surface area contributed by atoms with E-state index >= 15 is 0 Å². The minimum atomic E-state index is -4.09. The van der Waals surface area contributed by atoms with Gasteiger partial charge in [0.1, 0.15) is 12.0 Å². The van der Waals surface area contributed by atoms with Gasteiger partial charge in [0, 0.05) is 24.0 Å². The van der Waals surface area contributed by atoms with E-state index in [1.165, 1.54) is 29.0 Å². The van der Waals surface area contributed by atoms with Gasteiger partial charge in [-0.25, -0.2) is 5.90 Å². The van der Waals surface area contributed by atoms with E-state index in [0.717, 1.165) is 5.56 Å². The number of hydrogen-bond donors (Lipinski definition) is 5. The number of nitrogens with one attached hydrogen (secondary N) is 3. The lowest BCUT2D eigenvalue weighted by molar-refractivity contribution is -0.121. The highest BCUT2D eigenvalue weighted by atomic mass is 32.2. The summed E-state index contributed by atoms with van der Waals surface area (Å²) in [4.78, 5) is 16.7. The SMILES string of the molecule is C=C(NCC)NC(=O)Cn1ccc(C(=C)NC(O)ON)cc1=NS(=O)(=O)c1ccc(C)cc1. The molecule has 12 heteroatoms. The number of amides is 1. The van der Waals surface area contributed by atoms with Gasteiger partial charge in [-0.15, -0.1) is 4.40 Å². The van der Waals surface area contributed by atoms with Crippen LogP contribution in [0.15, 0.2) is 70.9 Å². The first-order valence-electron chi connectivity index (χ1n) is 9.86. The lowest BCUT2D eigenvalue weighted by Gasteiger charge is -2.15. The number of rotatable bonds is 11.